The summed E-state index contributed by atoms with van der Waals surface area (Å²) in [5.41, 5.74) is 2.22. The number of amides is 1. The lowest BCUT2D eigenvalue weighted by Crippen LogP contribution is -2.15. The zero-order valence-corrected chi connectivity index (χ0v) is 12.1. The van der Waals surface area contributed by atoms with Crippen LogP contribution in [0, 0.1) is 0 Å². The number of hydrogen-bond acceptors (Lipinski definition) is 4. The fraction of sp³-hybridized carbons (Fsp3) is 0.188. The maximum atomic E-state index is 12.1. The predicted molar refractivity (Wildman–Crippen MR) is 82.6 cm³/mol. The summed E-state index contributed by atoms with van der Waals surface area (Å²) in [6.45, 7) is -2.94. The molecule has 23 heavy (non-hydrogen) atoms. The van der Waals surface area contributed by atoms with Gasteiger partial charge >= 0.3 is 6.61 Å². The molecular formula is C16H16F2N2O3. The average Bonchev–Trinajstić information content (AvgIpc) is 2.54. The van der Waals surface area contributed by atoms with Crippen LogP contribution >= 0.6 is 0 Å². The van der Waals surface area contributed by atoms with Crippen LogP contribution in [-0.4, -0.2) is 24.2 Å². The Morgan fingerprint density at radius 3 is 2.48 bits per heavy atom. The van der Waals surface area contributed by atoms with Crippen molar-refractivity contribution < 1.29 is 23.4 Å². The summed E-state index contributed by atoms with van der Waals surface area (Å²) in [5, 5.41) is 14.4. The van der Waals surface area contributed by atoms with Crippen LogP contribution in [0.1, 0.15) is 5.56 Å². The molecule has 0 aliphatic rings. The summed E-state index contributed by atoms with van der Waals surface area (Å²) in [5.74, 6) is -0.380. The van der Waals surface area contributed by atoms with Gasteiger partial charge in [-0.3, -0.25) is 4.79 Å². The number of aliphatic hydroxyl groups excluding tert-OH is 1. The zero-order valence-electron chi connectivity index (χ0n) is 12.1. The zero-order chi connectivity index (χ0) is 16.7. The van der Waals surface area contributed by atoms with Gasteiger partial charge in [0.25, 0.3) is 0 Å². The third-order valence-electron chi connectivity index (χ3n) is 2.94. The van der Waals surface area contributed by atoms with Crippen molar-refractivity contribution in [2.75, 3.05) is 17.2 Å². The van der Waals surface area contributed by atoms with Crippen molar-refractivity contribution in [3.63, 3.8) is 0 Å². The van der Waals surface area contributed by atoms with E-state index in [1.54, 1.807) is 30.3 Å². The molecule has 0 radical (unpaired) electrons. The van der Waals surface area contributed by atoms with Crippen LogP contribution in [0.15, 0.2) is 48.5 Å². The van der Waals surface area contributed by atoms with Crippen molar-refractivity contribution in [1.29, 1.82) is 0 Å². The maximum Gasteiger partial charge on any atom is 0.387 e. The van der Waals surface area contributed by atoms with E-state index in [0.717, 1.165) is 11.3 Å². The van der Waals surface area contributed by atoms with Gasteiger partial charge in [0.2, 0.25) is 5.91 Å². The highest BCUT2D eigenvalue weighted by Gasteiger charge is 2.04. The minimum Gasteiger partial charge on any atom is -0.435 e. The third kappa shape index (κ3) is 5.55. The molecule has 0 bridgehead atoms. The largest absolute Gasteiger partial charge is 0.435 e. The fourth-order valence-corrected chi connectivity index (χ4v) is 1.90. The van der Waals surface area contributed by atoms with E-state index < -0.39 is 19.1 Å². The highest BCUT2D eigenvalue weighted by molar-refractivity contribution is 5.91. The van der Waals surface area contributed by atoms with Crippen LogP contribution in [0.3, 0.4) is 0 Å². The molecule has 5 nitrogen and oxygen atoms in total. The molecule has 0 spiro atoms. The molecule has 0 saturated carbocycles. The quantitative estimate of drug-likeness (QED) is 0.733. The standard InChI is InChI=1S/C16H16F2N2O3/c17-16(18)23-14-6-4-11(5-7-14)9-19-12-2-1-3-13(8-12)20-15(22)10-21/h1-8,16,19,21H,9-10H2,(H,20,22). The first-order chi connectivity index (χ1) is 11.1. The van der Waals surface area contributed by atoms with Gasteiger partial charge in [-0.1, -0.05) is 18.2 Å². The summed E-state index contributed by atoms with van der Waals surface area (Å²) < 4.78 is 28.4. The van der Waals surface area contributed by atoms with E-state index in [-0.39, 0.29) is 5.75 Å². The molecule has 0 saturated heterocycles. The minimum atomic E-state index is -2.84. The van der Waals surface area contributed by atoms with Gasteiger partial charge in [-0.15, -0.1) is 0 Å². The predicted octanol–water partition coefficient (Wildman–Crippen LogP) is 2.83. The molecule has 7 heteroatoms. The number of benzene rings is 2. The lowest BCUT2D eigenvalue weighted by Gasteiger charge is -2.10. The summed E-state index contributed by atoms with van der Waals surface area (Å²) >= 11 is 0. The van der Waals surface area contributed by atoms with E-state index in [1.807, 2.05) is 6.07 Å². The molecule has 0 unspecified atom stereocenters. The second-order valence-corrected chi connectivity index (χ2v) is 4.66. The van der Waals surface area contributed by atoms with Crippen molar-refractivity contribution in [3.8, 4) is 5.75 Å². The number of halogens is 2. The first-order valence-corrected chi connectivity index (χ1v) is 6.85. The van der Waals surface area contributed by atoms with Crippen LogP contribution in [0.2, 0.25) is 0 Å². The van der Waals surface area contributed by atoms with Crippen molar-refractivity contribution in [1.82, 2.24) is 0 Å². The van der Waals surface area contributed by atoms with Gasteiger partial charge in [0.15, 0.2) is 0 Å². The smallest absolute Gasteiger partial charge is 0.387 e. The van der Waals surface area contributed by atoms with Crippen molar-refractivity contribution >= 4 is 17.3 Å². The Kier molecular flexibility index (Phi) is 5.87. The third-order valence-corrected chi connectivity index (χ3v) is 2.94. The van der Waals surface area contributed by atoms with Crippen LogP contribution in [0.5, 0.6) is 5.75 Å². The van der Waals surface area contributed by atoms with Gasteiger partial charge in [-0.25, -0.2) is 0 Å². The molecule has 1 amide bonds. The SMILES string of the molecule is O=C(CO)Nc1cccc(NCc2ccc(OC(F)F)cc2)c1. The van der Waals surface area contributed by atoms with Gasteiger partial charge in [-0.2, -0.15) is 8.78 Å². The summed E-state index contributed by atoms with van der Waals surface area (Å²) in [7, 11) is 0. The molecule has 122 valence electrons. The number of carbonyl (C=O) groups excluding carboxylic acids is 1. The molecule has 3 N–H and O–H groups in total. The molecular weight excluding hydrogens is 306 g/mol. The topological polar surface area (TPSA) is 70.6 Å². The Labute approximate surface area is 131 Å². The molecule has 0 fully saturated rings. The first-order valence-electron chi connectivity index (χ1n) is 6.85. The Hall–Kier alpha value is -2.67. The second kappa shape index (κ2) is 8.09. The summed E-state index contributed by atoms with van der Waals surface area (Å²) in [4.78, 5) is 11.1. The molecule has 0 atom stereocenters. The van der Waals surface area contributed by atoms with E-state index in [1.165, 1.54) is 12.1 Å². The monoisotopic (exact) mass is 322 g/mol. The molecule has 0 heterocycles. The Morgan fingerprint density at radius 2 is 1.83 bits per heavy atom. The van der Waals surface area contributed by atoms with E-state index in [9.17, 15) is 13.6 Å². The molecule has 2 aromatic carbocycles. The number of ether oxygens (including phenoxy) is 1. The van der Waals surface area contributed by atoms with E-state index >= 15 is 0 Å². The molecule has 0 aromatic heterocycles. The molecule has 2 aromatic rings. The van der Waals surface area contributed by atoms with Gasteiger partial charge in [0, 0.05) is 17.9 Å². The Morgan fingerprint density at radius 1 is 1.13 bits per heavy atom. The number of rotatable bonds is 7. The number of aliphatic hydroxyl groups is 1. The fourth-order valence-electron chi connectivity index (χ4n) is 1.90. The van der Waals surface area contributed by atoms with Crippen molar-refractivity contribution in [3.05, 3.63) is 54.1 Å². The van der Waals surface area contributed by atoms with E-state index in [0.29, 0.717) is 12.2 Å². The van der Waals surface area contributed by atoms with Crippen LogP contribution < -0.4 is 15.4 Å². The number of hydrogen-bond donors (Lipinski definition) is 3. The summed E-state index contributed by atoms with van der Waals surface area (Å²) in [6.07, 6.45) is 0. The first kappa shape index (κ1) is 16.7. The Bertz CT molecular complexity index is 648. The lowest BCUT2D eigenvalue weighted by molar-refractivity contribution is -0.118. The van der Waals surface area contributed by atoms with Crippen LogP contribution in [0.4, 0.5) is 20.2 Å². The van der Waals surface area contributed by atoms with Gasteiger partial charge in [-0.05, 0) is 35.9 Å². The van der Waals surface area contributed by atoms with Gasteiger partial charge in [0.1, 0.15) is 12.4 Å². The normalized spacial score (nSPS) is 10.4. The van der Waals surface area contributed by atoms with Gasteiger partial charge < -0.3 is 20.5 Å². The van der Waals surface area contributed by atoms with Crippen LogP contribution in [-0.2, 0) is 11.3 Å². The minimum absolute atomic E-state index is 0.109. The summed E-state index contributed by atoms with van der Waals surface area (Å²) in [6, 6.07) is 13.3. The molecule has 0 aliphatic carbocycles. The van der Waals surface area contributed by atoms with Gasteiger partial charge in [0.05, 0.1) is 0 Å². The molecule has 2 rings (SSSR count). The molecule has 0 aliphatic heterocycles. The van der Waals surface area contributed by atoms with Crippen molar-refractivity contribution in [2.24, 2.45) is 0 Å². The lowest BCUT2D eigenvalue weighted by atomic mass is 10.2. The highest BCUT2D eigenvalue weighted by Crippen LogP contribution is 2.18. The highest BCUT2D eigenvalue weighted by atomic mass is 19.3. The van der Waals surface area contributed by atoms with E-state index in [4.69, 9.17) is 5.11 Å². The van der Waals surface area contributed by atoms with E-state index in [2.05, 4.69) is 15.4 Å². The van der Waals surface area contributed by atoms with Crippen LogP contribution in [0.25, 0.3) is 0 Å². The number of nitrogens with one attached hydrogen (secondary N) is 2. The van der Waals surface area contributed by atoms with Crippen molar-refractivity contribution in [2.45, 2.75) is 13.2 Å². The number of alkyl halides is 2. The second-order valence-electron chi connectivity index (χ2n) is 4.66. The number of anilines is 2. The maximum absolute atomic E-state index is 12.1. The average molecular weight is 322 g/mol. The Balaban J connectivity index is 1.92. The number of carbonyl (C=O) groups is 1.